The molecule has 0 aliphatic carbocycles. The van der Waals surface area contributed by atoms with Crippen molar-refractivity contribution >= 4 is 5.91 Å². The van der Waals surface area contributed by atoms with Crippen LogP contribution in [0.15, 0.2) is 34.9 Å². The highest BCUT2D eigenvalue weighted by Gasteiger charge is 2.44. The lowest BCUT2D eigenvalue weighted by Crippen LogP contribution is -2.34. The average molecular weight is 385 g/mol. The van der Waals surface area contributed by atoms with Crippen LogP contribution in [0.2, 0.25) is 0 Å². The summed E-state index contributed by atoms with van der Waals surface area (Å²) >= 11 is 0. The van der Waals surface area contributed by atoms with E-state index < -0.39 is 0 Å². The number of benzene rings is 1. The van der Waals surface area contributed by atoms with E-state index in [-0.39, 0.29) is 17.9 Å². The van der Waals surface area contributed by atoms with E-state index in [1.165, 1.54) is 6.42 Å². The number of para-hydroxylation sites is 2. The molecular weight excluding hydrogens is 358 g/mol. The van der Waals surface area contributed by atoms with Gasteiger partial charge >= 0.3 is 0 Å². The summed E-state index contributed by atoms with van der Waals surface area (Å²) < 4.78 is 16.3. The molecule has 1 unspecified atom stereocenters. The van der Waals surface area contributed by atoms with Crippen molar-refractivity contribution < 1.29 is 18.8 Å². The van der Waals surface area contributed by atoms with Crippen LogP contribution in [0.4, 0.5) is 0 Å². The van der Waals surface area contributed by atoms with E-state index in [9.17, 15) is 4.79 Å². The molecule has 0 N–H and O–H groups in total. The van der Waals surface area contributed by atoms with Crippen molar-refractivity contribution in [1.82, 2.24) is 15.0 Å². The predicted molar refractivity (Wildman–Crippen MR) is 104 cm³/mol. The summed E-state index contributed by atoms with van der Waals surface area (Å²) in [5.74, 6) is 1.73. The van der Waals surface area contributed by atoms with Crippen molar-refractivity contribution in [3.8, 4) is 11.5 Å². The molecule has 28 heavy (non-hydrogen) atoms. The lowest BCUT2D eigenvalue weighted by molar-refractivity contribution is 0.0763. The Balaban J connectivity index is 1.36. The van der Waals surface area contributed by atoms with Crippen LogP contribution >= 0.6 is 0 Å². The van der Waals surface area contributed by atoms with Crippen molar-refractivity contribution in [3.05, 3.63) is 41.8 Å². The van der Waals surface area contributed by atoms with Crippen molar-refractivity contribution in [2.24, 2.45) is 5.41 Å². The zero-order valence-corrected chi connectivity index (χ0v) is 16.5. The molecule has 0 radical (unpaired) electrons. The molecule has 1 atom stereocenters. The van der Waals surface area contributed by atoms with Gasteiger partial charge in [0.1, 0.15) is 6.61 Å². The Bertz CT molecular complexity index is 837. The Hall–Kier alpha value is -2.54. The van der Waals surface area contributed by atoms with Crippen LogP contribution in [0.1, 0.15) is 36.0 Å². The third-order valence-corrected chi connectivity index (χ3v) is 5.91. The molecule has 4 rings (SSSR count). The second-order valence-corrected chi connectivity index (χ2v) is 7.71. The number of hydrogen-bond donors (Lipinski definition) is 0. The molecule has 0 bridgehead atoms. The third-order valence-electron chi connectivity index (χ3n) is 5.91. The summed E-state index contributed by atoms with van der Waals surface area (Å²) in [6.45, 7) is 7.28. The first-order chi connectivity index (χ1) is 13.6. The molecule has 2 fully saturated rings. The minimum atomic E-state index is -0.0564. The minimum absolute atomic E-state index is 0.0564. The molecule has 7 heteroatoms. The summed E-state index contributed by atoms with van der Waals surface area (Å²) in [5.41, 5.74) is 0.603. The first kappa shape index (κ1) is 18.8. The number of ether oxygens (including phenoxy) is 2. The molecule has 1 aromatic carbocycles. The van der Waals surface area contributed by atoms with Crippen molar-refractivity contribution in [2.45, 2.75) is 26.4 Å². The molecule has 3 heterocycles. The molecule has 0 saturated carbocycles. The fourth-order valence-corrected chi connectivity index (χ4v) is 4.27. The number of hydrogen-bond acceptors (Lipinski definition) is 6. The van der Waals surface area contributed by atoms with Gasteiger partial charge in [0.15, 0.2) is 23.0 Å². The van der Waals surface area contributed by atoms with Crippen LogP contribution < -0.4 is 9.47 Å². The molecule has 1 aromatic heterocycles. The standard InChI is InChI=1S/C21H27N3O4/c1-3-23-10-8-21(14-23)9-11-24(15-21)20(25)17-12-16(28-22-17)13-27-19-7-5-4-6-18(19)26-2/h4-7,12H,3,8-11,13-15H2,1-2H3. The van der Waals surface area contributed by atoms with E-state index in [0.717, 1.165) is 39.1 Å². The predicted octanol–water partition coefficient (Wildman–Crippen LogP) is 2.82. The topological polar surface area (TPSA) is 68.0 Å². The molecule has 1 spiro atoms. The number of nitrogens with zero attached hydrogens (tertiary/aromatic N) is 3. The zero-order valence-electron chi connectivity index (χ0n) is 16.5. The summed E-state index contributed by atoms with van der Waals surface area (Å²) in [6, 6.07) is 9.08. The number of carbonyl (C=O) groups is 1. The molecule has 2 saturated heterocycles. The van der Waals surface area contributed by atoms with E-state index in [2.05, 4.69) is 17.0 Å². The SMILES string of the molecule is CCN1CCC2(CCN(C(=O)c3cc(COc4ccccc4OC)on3)C2)C1. The Morgan fingerprint density at radius 1 is 1.21 bits per heavy atom. The first-order valence-electron chi connectivity index (χ1n) is 9.85. The maximum absolute atomic E-state index is 12.9. The highest BCUT2D eigenvalue weighted by Crippen LogP contribution is 2.39. The normalized spacial score (nSPS) is 22.1. The van der Waals surface area contributed by atoms with Gasteiger partial charge in [-0.1, -0.05) is 24.2 Å². The molecular formula is C21H27N3O4. The Labute approximate surface area is 165 Å². The zero-order chi connectivity index (χ0) is 19.6. The number of likely N-dealkylation sites (tertiary alicyclic amines) is 2. The quantitative estimate of drug-likeness (QED) is 0.762. The number of methoxy groups -OCH3 is 1. The maximum Gasteiger partial charge on any atom is 0.276 e. The maximum atomic E-state index is 12.9. The molecule has 7 nitrogen and oxygen atoms in total. The average Bonchev–Trinajstić information content (AvgIpc) is 3.47. The van der Waals surface area contributed by atoms with Crippen LogP contribution in [0.25, 0.3) is 0 Å². The van der Waals surface area contributed by atoms with Crippen LogP contribution in [0.3, 0.4) is 0 Å². The summed E-state index contributed by atoms with van der Waals surface area (Å²) in [7, 11) is 1.60. The van der Waals surface area contributed by atoms with Gasteiger partial charge in [0.2, 0.25) is 0 Å². The summed E-state index contributed by atoms with van der Waals surface area (Å²) in [6.07, 6.45) is 2.23. The number of rotatable bonds is 6. The van der Waals surface area contributed by atoms with Crippen LogP contribution in [-0.4, -0.2) is 60.7 Å². The van der Waals surface area contributed by atoms with Gasteiger partial charge in [0.05, 0.1) is 7.11 Å². The van der Waals surface area contributed by atoms with Crippen molar-refractivity contribution in [2.75, 3.05) is 39.8 Å². The molecule has 1 amide bonds. The van der Waals surface area contributed by atoms with Gasteiger partial charge in [0, 0.05) is 31.1 Å². The second-order valence-electron chi connectivity index (χ2n) is 7.71. The first-order valence-corrected chi connectivity index (χ1v) is 9.85. The number of amides is 1. The van der Waals surface area contributed by atoms with Crippen molar-refractivity contribution in [1.29, 1.82) is 0 Å². The van der Waals surface area contributed by atoms with E-state index in [1.54, 1.807) is 13.2 Å². The Morgan fingerprint density at radius 2 is 2.00 bits per heavy atom. The summed E-state index contributed by atoms with van der Waals surface area (Å²) in [5, 5.41) is 3.97. The fourth-order valence-electron chi connectivity index (χ4n) is 4.27. The highest BCUT2D eigenvalue weighted by molar-refractivity contribution is 5.92. The van der Waals surface area contributed by atoms with Gasteiger partial charge in [-0.15, -0.1) is 0 Å². The second kappa shape index (κ2) is 7.83. The van der Waals surface area contributed by atoms with E-state index in [0.29, 0.717) is 23.0 Å². The highest BCUT2D eigenvalue weighted by atomic mass is 16.5. The number of aromatic nitrogens is 1. The van der Waals surface area contributed by atoms with Crippen LogP contribution in [-0.2, 0) is 6.61 Å². The van der Waals surface area contributed by atoms with Gasteiger partial charge < -0.3 is 23.8 Å². The van der Waals surface area contributed by atoms with Gasteiger partial charge in [-0.25, -0.2) is 0 Å². The Kier molecular flexibility index (Phi) is 5.26. The molecule has 150 valence electrons. The summed E-state index contributed by atoms with van der Waals surface area (Å²) in [4.78, 5) is 17.2. The lowest BCUT2D eigenvalue weighted by atomic mass is 9.86. The monoisotopic (exact) mass is 385 g/mol. The molecule has 2 aromatic rings. The van der Waals surface area contributed by atoms with Crippen LogP contribution in [0.5, 0.6) is 11.5 Å². The van der Waals surface area contributed by atoms with Crippen LogP contribution in [0, 0.1) is 5.41 Å². The van der Waals surface area contributed by atoms with E-state index in [1.807, 2.05) is 29.2 Å². The van der Waals surface area contributed by atoms with Gasteiger partial charge in [-0.2, -0.15) is 0 Å². The smallest absolute Gasteiger partial charge is 0.276 e. The molecule has 2 aliphatic heterocycles. The number of carbonyl (C=O) groups excluding carboxylic acids is 1. The largest absolute Gasteiger partial charge is 0.493 e. The molecule has 2 aliphatic rings. The fraction of sp³-hybridized carbons (Fsp3) is 0.524. The van der Waals surface area contributed by atoms with Gasteiger partial charge in [-0.3, -0.25) is 4.79 Å². The minimum Gasteiger partial charge on any atom is -0.493 e. The Morgan fingerprint density at radius 3 is 2.75 bits per heavy atom. The lowest BCUT2D eigenvalue weighted by Gasteiger charge is -2.24. The third kappa shape index (κ3) is 3.71. The van der Waals surface area contributed by atoms with Gasteiger partial charge in [-0.05, 0) is 38.1 Å². The van der Waals surface area contributed by atoms with Crippen molar-refractivity contribution in [3.63, 3.8) is 0 Å². The van der Waals surface area contributed by atoms with Gasteiger partial charge in [0.25, 0.3) is 5.91 Å². The van der Waals surface area contributed by atoms with E-state index >= 15 is 0 Å². The van der Waals surface area contributed by atoms with E-state index in [4.69, 9.17) is 14.0 Å².